The molecular formula is C8H4BrClF5NO3S. The van der Waals surface area contributed by atoms with Crippen molar-refractivity contribution in [1.82, 2.24) is 4.98 Å². The molecular weight excluding hydrogens is 401 g/mol. The Morgan fingerprint density at radius 3 is 2.30 bits per heavy atom. The van der Waals surface area contributed by atoms with Crippen LogP contribution in [-0.2, 0) is 14.4 Å². The molecule has 1 aromatic heterocycles. The van der Waals surface area contributed by atoms with Gasteiger partial charge in [-0.2, -0.15) is 0 Å². The zero-order valence-electron chi connectivity index (χ0n) is 9.09. The number of ether oxygens (including phenoxy) is 1. The molecule has 0 aliphatic rings. The standard InChI is InChI=1S/C8H4BrClF5NO3S/c9-2-3-6(7(11)12)4(19-8(13,14)15)1-5(16-3)20(10,17)18/h1,7H,2H2. The molecule has 0 aromatic carbocycles. The monoisotopic (exact) mass is 403 g/mol. The number of hydrogen-bond donors (Lipinski definition) is 0. The van der Waals surface area contributed by atoms with E-state index in [1.54, 1.807) is 0 Å². The summed E-state index contributed by atoms with van der Waals surface area (Å²) in [6.07, 6.45) is -8.62. The Bertz CT molecular complexity index is 607. The summed E-state index contributed by atoms with van der Waals surface area (Å²) in [6.45, 7) is 0. The van der Waals surface area contributed by atoms with Crippen LogP contribution in [0.4, 0.5) is 22.0 Å². The van der Waals surface area contributed by atoms with Crippen LogP contribution in [0, 0.1) is 0 Å². The molecule has 0 saturated heterocycles. The Kier molecular flexibility index (Phi) is 5.19. The Labute approximate surface area is 122 Å². The van der Waals surface area contributed by atoms with Crippen LogP contribution in [0.15, 0.2) is 11.1 Å². The molecule has 0 fully saturated rings. The second-order valence-electron chi connectivity index (χ2n) is 3.24. The first-order chi connectivity index (χ1) is 8.95. The third-order valence-electron chi connectivity index (χ3n) is 1.90. The maximum atomic E-state index is 12.8. The summed E-state index contributed by atoms with van der Waals surface area (Å²) in [7, 11) is 0.425. The SMILES string of the molecule is O=S(=O)(Cl)c1cc(OC(F)(F)F)c(C(F)F)c(CBr)n1. The van der Waals surface area contributed by atoms with E-state index in [0.717, 1.165) is 0 Å². The van der Waals surface area contributed by atoms with Gasteiger partial charge >= 0.3 is 6.36 Å². The quantitative estimate of drug-likeness (QED) is 0.436. The van der Waals surface area contributed by atoms with Crippen molar-refractivity contribution in [3.05, 3.63) is 17.3 Å². The molecule has 0 spiro atoms. The fourth-order valence-corrected chi connectivity index (χ4v) is 2.36. The van der Waals surface area contributed by atoms with Gasteiger partial charge in [-0.25, -0.2) is 22.2 Å². The van der Waals surface area contributed by atoms with E-state index in [1.165, 1.54) is 0 Å². The van der Waals surface area contributed by atoms with Crippen molar-refractivity contribution in [2.24, 2.45) is 0 Å². The van der Waals surface area contributed by atoms with E-state index < -0.39 is 49.2 Å². The van der Waals surface area contributed by atoms with Crippen molar-refractivity contribution >= 4 is 35.7 Å². The second kappa shape index (κ2) is 5.98. The molecule has 0 radical (unpaired) electrons. The lowest BCUT2D eigenvalue weighted by atomic mass is 10.2. The van der Waals surface area contributed by atoms with E-state index in [0.29, 0.717) is 0 Å². The van der Waals surface area contributed by atoms with E-state index in [1.807, 2.05) is 0 Å². The van der Waals surface area contributed by atoms with Gasteiger partial charge in [0, 0.05) is 22.1 Å². The number of hydrogen-bond acceptors (Lipinski definition) is 4. The number of alkyl halides is 6. The molecule has 0 N–H and O–H groups in total. The van der Waals surface area contributed by atoms with Gasteiger partial charge in [-0.1, -0.05) is 15.9 Å². The van der Waals surface area contributed by atoms with Crippen molar-refractivity contribution in [3.63, 3.8) is 0 Å². The Morgan fingerprint density at radius 2 is 1.95 bits per heavy atom. The highest BCUT2D eigenvalue weighted by atomic mass is 79.9. The summed E-state index contributed by atoms with van der Waals surface area (Å²) in [5.74, 6) is -1.36. The van der Waals surface area contributed by atoms with Crippen molar-refractivity contribution in [1.29, 1.82) is 0 Å². The van der Waals surface area contributed by atoms with Gasteiger partial charge < -0.3 is 4.74 Å². The molecule has 0 aliphatic carbocycles. The summed E-state index contributed by atoms with van der Waals surface area (Å²) in [5, 5.41) is -1.43. The number of pyridine rings is 1. The molecule has 12 heteroatoms. The zero-order valence-corrected chi connectivity index (χ0v) is 12.2. The molecule has 0 bridgehead atoms. The number of aromatic nitrogens is 1. The minimum Gasteiger partial charge on any atom is -0.405 e. The van der Waals surface area contributed by atoms with Gasteiger partial charge in [0.25, 0.3) is 15.5 Å². The van der Waals surface area contributed by atoms with Gasteiger partial charge in [0.15, 0.2) is 5.03 Å². The number of rotatable bonds is 4. The minimum atomic E-state index is -5.28. The first kappa shape index (κ1) is 17.4. The van der Waals surface area contributed by atoms with Gasteiger partial charge in [-0.15, -0.1) is 13.2 Å². The average Bonchev–Trinajstić information content (AvgIpc) is 2.23. The maximum absolute atomic E-state index is 12.8. The average molecular weight is 405 g/mol. The first-order valence-corrected chi connectivity index (χ1v) is 7.97. The fraction of sp³-hybridized carbons (Fsp3) is 0.375. The van der Waals surface area contributed by atoms with Crippen LogP contribution in [0.25, 0.3) is 0 Å². The normalized spacial score (nSPS) is 12.8. The third-order valence-corrected chi connectivity index (χ3v) is 3.61. The highest BCUT2D eigenvalue weighted by Crippen LogP contribution is 2.37. The highest BCUT2D eigenvalue weighted by molar-refractivity contribution is 9.08. The number of nitrogens with zero attached hydrogens (tertiary/aromatic N) is 1. The topological polar surface area (TPSA) is 56.3 Å². The van der Waals surface area contributed by atoms with Crippen LogP contribution in [0.5, 0.6) is 5.75 Å². The van der Waals surface area contributed by atoms with E-state index >= 15 is 0 Å². The minimum absolute atomic E-state index is 0.198. The van der Waals surface area contributed by atoms with Crippen LogP contribution < -0.4 is 4.74 Å². The summed E-state index contributed by atoms with van der Waals surface area (Å²) in [6, 6.07) is 0.198. The third kappa shape index (κ3) is 4.42. The van der Waals surface area contributed by atoms with Crippen molar-refractivity contribution in [3.8, 4) is 5.75 Å². The molecule has 1 rings (SSSR count). The zero-order chi connectivity index (χ0) is 15.7. The van der Waals surface area contributed by atoms with Gasteiger partial charge in [-0.05, 0) is 0 Å². The van der Waals surface area contributed by atoms with E-state index in [4.69, 9.17) is 10.7 Å². The van der Waals surface area contributed by atoms with Gasteiger partial charge in [0.1, 0.15) is 5.75 Å². The largest absolute Gasteiger partial charge is 0.573 e. The van der Waals surface area contributed by atoms with Crippen molar-refractivity contribution < 1.29 is 35.1 Å². The lowest BCUT2D eigenvalue weighted by molar-refractivity contribution is -0.275. The Hall–Kier alpha value is -0.680. The van der Waals surface area contributed by atoms with Crippen LogP contribution in [-0.4, -0.2) is 19.8 Å². The smallest absolute Gasteiger partial charge is 0.405 e. The molecule has 1 heterocycles. The summed E-state index contributed by atoms with van der Waals surface area (Å²) in [5.41, 5.74) is -1.79. The fourth-order valence-electron chi connectivity index (χ4n) is 1.23. The van der Waals surface area contributed by atoms with Gasteiger partial charge in [0.05, 0.1) is 11.3 Å². The molecule has 114 valence electrons. The molecule has 0 amide bonds. The van der Waals surface area contributed by atoms with E-state index in [2.05, 4.69) is 25.7 Å². The van der Waals surface area contributed by atoms with Gasteiger partial charge in [-0.3, -0.25) is 0 Å². The summed E-state index contributed by atoms with van der Waals surface area (Å²) < 4.78 is 87.6. The second-order valence-corrected chi connectivity index (χ2v) is 6.31. The predicted octanol–water partition coefficient (Wildman–Crippen LogP) is 3.74. The first-order valence-electron chi connectivity index (χ1n) is 4.54. The van der Waals surface area contributed by atoms with E-state index in [-0.39, 0.29) is 6.07 Å². The van der Waals surface area contributed by atoms with Crippen LogP contribution >= 0.6 is 26.6 Å². The Morgan fingerprint density at radius 1 is 1.40 bits per heavy atom. The van der Waals surface area contributed by atoms with Gasteiger partial charge in [0.2, 0.25) is 0 Å². The molecule has 0 saturated carbocycles. The molecule has 20 heavy (non-hydrogen) atoms. The number of halogens is 7. The van der Waals surface area contributed by atoms with Crippen LogP contribution in [0.2, 0.25) is 0 Å². The molecule has 0 atom stereocenters. The summed E-state index contributed by atoms with van der Waals surface area (Å²) in [4.78, 5) is 3.28. The lowest BCUT2D eigenvalue weighted by Gasteiger charge is -2.15. The van der Waals surface area contributed by atoms with Crippen LogP contribution in [0.1, 0.15) is 17.7 Å². The summed E-state index contributed by atoms with van der Waals surface area (Å²) >= 11 is 2.72. The maximum Gasteiger partial charge on any atom is 0.573 e. The molecule has 4 nitrogen and oxygen atoms in total. The molecule has 0 unspecified atom stereocenters. The highest BCUT2D eigenvalue weighted by Gasteiger charge is 2.35. The predicted molar refractivity (Wildman–Crippen MR) is 61.5 cm³/mol. The van der Waals surface area contributed by atoms with Crippen molar-refractivity contribution in [2.45, 2.75) is 23.1 Å². The van der Waals surface area contributed by atoms with E-state index in [9.17, 15) is 30.4 Å². The molecule has 1 aromatic rings. The lowest BCUT2D eigenvalue weighted by Crippen LogP contribution is -2.19. The van der Waals surface area contributed by atoms with Crippen LogP contribution in [0.3, 0.4) is 0 Å². The Balaban J connectivity index is 3.58. The van der Waals surface area contributed by atoms with Crippen molar-refractivity contribution in [2.75, 3.05) is 0 Å². The molecule has 0 aliphatic heterocycles.